The molecule has 0 atom stereocenters. The predicted molar refractivity (Wildman–Crippen MR) is 101 cm³/mol. The lowest BCUT2D eigenvalue weighted by Gasteiger charge is -2.23. The molecular weight excluding hydrogens is 360 g/mol. The molecule has 146 valence electrons. The van der Waals surface area contributed by atoms with Crippen LogP contribution in [0.25, 0.3) is 6.08 Å². The van der Waals surface area contributed by atoms with Gasteiger partial charge in [-0.3, -0.25) is 0 Å². The van der Waals surface area contributed by atoms with Gasteiger partial charge in [-0.05, 0) is 23.8 Å². The molecule has 3 N–H and O–H groups in total. The van der Waals surface area contributed by atoms with Crippen LogP contribution < -0.4 is 9.47 Å². The zero-order valence-corrected chi connectivity index (χ0v) is 16.4. The Bertz CT molecular complexity index is 610. The van der Waals surface area contributed by atoms with Crippen molar-refractivity contribution in [2.75, 3.05) is 48.5 Å². The van der Waals surface area contributed by atoms with Gasteiger partial charge < -0.3 is 41.9 Å². The molecule has 0 heterocycles. The number of quaternary nitrogens is 1. The molecule has 0 saturated heterocycles. The predicted octanol–water partition coefficient (Wildman–Crippen LogP) is 0.862. The van der Waals surface area contributed by atoms with E-state index in [9.17, 15) is 9.90 Å². The molecule has 1 aromatic rings. The number of carbonyl (C=O) groups excluding carboxylic acids is 1. The van der Waals surface area contributed by atoms with Gasteiger partial charge in [-0.2, -0.15) is 0 Å². The van der Waals surface area contributed by atoms with Crippen LogP contribution in [0.2, 0.25) is 0 Å². The highest BCUT2D eigenvalue weighted by Crippen LogP contribution is 2.37. The molecule has 0 aliphatic heterocycles. The Labute approximate surface area is 159 Å². The fourth-order valence-electron chi connectivity index (χ4n) is 1.64. The number of carbonyl (C=O) groups is 1. The third-order valence-corrected chi connectivity index (χ3v) is 2.92. The van der Waals surface area contributed by atoms with Crippen molar-refractivity contribution in [3.8, 4) is 22.6 Å². The number of esters is 1. The third kappa shape index (κ3) is 10.4. The highest BCUT2D eigenvalue weighted by atomic mass is 32.1. The van der Waals surface area contributed by atoms with E-state index in [0.717, 1.165) is 11.0 Å². The number of phenols is 1. The molecule has 0 saturated carbocycles. The number of hydrogen-bond acceptors (Lipinski definition) is 7. The van der Waals surface area contributed by atoms with Crippen LogP contribution in [0.5, 0.6) is 17.2 Å². The number of nitrogens with zero attached hydrogens (tertiary/aromatic N) is 2. The van der Waals surface area contributed by atoms with Crippen molar-refractivity contribution in [1.29, 1.82) is 5.26 Å². The van der Waals surface area contributed by atoms with Gasteiger partial charge in [-0.25, -0.2) is 10.1 Å². The number of phenolic OH excluding ortho intramolecular Hbond substituents is 1. The van der Waals surface area contributed by atoms with Crippen LogP contribution in [-0.4, -0.2) is 69.5 Å². The first-order valence-corrected chi connectivity index (χ1v) is 7.70. The second kappa shape index (κ2) is 12.8. The lowest BCUT2D eigenvalue weighted by atomic mass is 10.1. The van der Waals surface area contributed by atoms with Crippen molar-refractivity contribution < 1.29 is 34.1 Å². The molecule has 0 radical (unpaired) electrons. The first kappa shape index (κ1) is 25.7. The minimum absolute atomic E-state index is 0. The highest BCUT2D eigenvalue weighted by Gasteiger charge is 2.11. The fourth-order valence-corrected chi connectivity index (χ4v) is 1.64. The molecule has 0 aromatic heterocycles. The molecule has 0 aliphatic carbocycles. The minimum atomic E-state index is -0.417. The molecular formula is C17H26N2O6S. The van der Waals surface area contributed by atoms with Crippen LogP contribution in [0.4, 0.5) is 0 Å². The van der Waals surface area contributed by atoms with Gasteiger partial charge in [0.2, 0.25) is 5.75 Å². The Morgan fingerprint density at radius 2 is 1.73 bits per heavy atom. The van der Waals surface area contributed by atoms with Crippen LogP contribution in [0.15, 0.2) is 18.2 Å². The Hall–Kier alpha value is -2.54. The van der Waals surface area contributed by atoms with E-state index in [1.54, 1.807) is 18.2 Å². The summed E-state index contributed by atoms with van der Waals surface area (Å²) in [4.78, 5) is 11.7. The van der Waals surface area contributed by atoms with E-state index in [2.05, 4.69) is 12.6 Å². The maximum absolute atomic E-state index is 11.7. The maximum atomic E-state index is 11.7. The summed E-state index contributed by atoms with van der Waals surface area (Å²) in [6, 6.07) is 3.21. The minimum Gasteiger partial charge on any atom is -0.696 e. The van der Waals surface area contributed by atoms with Gasteiger partial charge in [0.25, 0.3) is 0 Å². The third-order valence-electron chi connectivity index (χ3n) is 2.92. The van der Waals surface area contributed by atoms with Crippen LogP contribution in [0, 0.1) is 10.7 Å². The SMILES string of the molecule is COc1cc(/C=C/C(=O)OCC[N+](C)(C)C)cc(OC)c1O.N#C[S-].O. The smallest absolute Gasteiger partial charge is 0.330 e. The Balaban J connectivity index is 0. The summed E-state index contributed by atoms with van der Waals surface area (Å²) < 4.78 is 16.0. The average molecular weight is 386 g/mol. The standard InChI is InChI=1S/C16H23NO5.CHNS.H2O/c1-17(2,3)8-9-22-15(18)7-6-12-10-13(20-4)16(19)14(11-12)21-5;2-1-3;/h6-7,10-11H,8-9H2,1-5H3;3H;1H2. The van der Waals surface area contributed by atoms with Crippen molar-refractivity contribution in [2.45, 2.75) is 0 Å². The first-order chi connectivity index (χ1) is 11.7. The molecule has 0 aliphatic rings. The number of benzene rings is 1. The second-order valence-corrected chi connectivity index (χ2v) is 6.06. The van der Waals surface area contributed by atoms with E-state index in [1.165, 1.54) is 25.7 Å². The summed E-state index contributed by atoms with van der Waals surface area (Å²) in [5.41, 5.74) is 0.662. The van der Waals surface area contributed by atoms with Gasteiger partial charge >= 0.3 is 5.97 Å². The summed E-state index contributed by atoms with van der Waals surface area (Å²) in [5, 5.41) is 18.3. The summed E-state index contributed by atoms with van der Waals surface area (Å²) in [6.07, 6.45) is 2.92. The highest BCUT2D eigenvalue weighted by molar-refractivity contribution is 7.64. The maximum Gasteiger partial charge on any atom is 0.330 e. The van der Waals surface area contributed by atoms with E-state index < -0.39 is 5.97 Å². The van der Waals surface area contributed by atoms with Crippen molar-refractivity contribution in [3.05, 3.63) is 23.8 Å². The summed E-state index contributed by atoms with van der Waals surface area (Å²) >= 11 is 3.70. The normalized spacial score (nSPS) is 10.0. The zero-order chi connectivity index (χ0) is 19.5. The van der Waals surface area contributed by atoms with Crippen molar-refractivity contribution in [1.82, 2.24) is 0 Å². The van der Waals surface area contributed by atoms with Crippen molar-refractivity contribution in [2.24, 2.45) is 0 Å². The number of nitriles is 1. The first-order valence-electron chi connectivity index (χ1n) is 7.30. The van der Waals surface area contributed by atoms with Crippen LogP contribution in [0.1, 0.15) is 5.56 Å². The number of aromatic hydroxyl groups is 1. The number of ether oxygens (including phenoxy) is 3. The van der Waals surface area contributed by atoms with E-state index in [4.69, 9.17) is 19.5 Å². The summed E-state index contributed by atoms with van der Waals surface area (Å²) in [7, 11) is 8.97. The van der Waals surface area contributed by atoms with Crippen molar-refractivity contribution in [3.63, 3.8) is 0 Å². The number of rotatable bonds is 7. The quantitative estimate of drug-likeness (QED) is 0.243. The average Bonchev–Trinajstić information content (AvgIpc) is 2.53. The van der Waals surface area contributed by atoms with Crippen molar-refractivity contribution >= 4 is 24.7 Å². The molecule has 1 aromatic carbocycles. The number of methoxy groups -OCH3 is 2. The Kier molecular flexibility index (Phi) is 12.6. The fraction of sp³-hybridized carbons (Fsp3) is 0.412. The molecule has 1 rings (SSSR count). The van der Waals surface area contributed by atoms with Crippen LogP contribution in [-0.2, 0) is 22.2 Å². The topological polar surface area (TPSA) is 120 Å². The number of hydrogen-bond donors (Lipinski definition) is 1. The Morgan fingerprint density at radius 1 is 1.27 bits per heavy atom. The molecule has 9 heteroatoms. The van der Waals surface area contributed by atoms with Gasteiger partial charge in [0.1, 0.15) is 13.2 Å². The second-order valence-electron chi connectivity index (χ2n) is 5.88. The van der Waals surface area contributed by atoms with Gasteiger partial charge in [0.15, 0.2) is 11.5 Å². The van der Waals surface area contributed by atoms with E-state index in [-0.39, 0.29) is 22.7 Å². The monoisotopic (exact) mass is 386 g/mol. The van der Waals surface area contributed by atoms with E-state index in [1.807, 2.05) is 21.1 Å². The van der Waals surface area contributed by atoms with Crippen LogP contribution >= 0.6 is 0 Å². The van der Waals surface area contributed by atoms with Crippen LogP contribution in [0.3, 0.4) is 0 Å². The summed E-state index contributed by atoms with van der Waals surface area (Å²) in [6.45, 7) is 1.09. The molecule has 0 spiro atoms. The molecule has 0 unspecified atom stereocenters. The molecule has 0 bridgehead atoms. The molecule has 8 nitrogen and oxygen atoms in total. The zero-order valence-electron chi connectivity index (χ0n) is 15.6. The lowest BCUT2D eigenvalue weighted by molar-refractivity contribution is -0.870. The lowest BCUT2D eigenvalue weighted by Crippen LogP contribution is -2.37. The number of likely N-dealkylation sites (N-methyl/N-ethyl adjacent to an activating group) is 1. The summed E-state index contributed by atoms with van der Waals surface area (Å²) in [5.74, 6) is 0.0573. The van der Waals surface area contributed by atoms with Gasteiger partial charge in [0.05, 0.1) is 35.4 Å². The molecule has 0 fully saturated rings. The Morgan fingerprint density at radius 3 is 2.12 bits per heavy atom. The largest absolute Gasteiger partial charge is 0.696 e. The molecule has 0 amide bonds. The van der Waals surface area contributed by atoms with Gasteiger partial charge in [-0.15, -0.1) is 0 Å². The van der Waals surface area contributed by atoms with E-state index in [0.29, 0.717) is 12.2 Å². The van der Waals surface area contributed by atoms with Gasteiger partial charge in [0, 0.05) is 6.08 Å². The van der Waals surface area contributed by atoms with Gasteiger partial charge in [-0.1, -0.05) is 5.40 Å². The van der Waals surface area contributed by atoms with E-state index >= 15 is 0 Å². The number of thiocyanates is 1. The molecule has 26 heavy (non-hydrogen) atoms.